The summed E-state index contributed by atoms with van der Waals surface area (Å²) in [6.07, 6.45) is 5.54. The molecule has 2 heterocycles. The van der Waals surface area contributed by atoms with E-state index >= 15 is 0 Å². The molecule has 4 nitrogen and oxygen atoms in total. The molecule has 2 aliphatic heterocycles. The van der Waals surface area contributed by atoms with Gasteiger partial charge in [0.05, 0.1) is 6.10 Å². The van der Waals surface area contributed by atoms with Gasteiger partial charge in [-0.25, -0.2) is 0 Å². The number of likely N-dealkylation sites (tertiary alicyclic amines) is 1. The second-order valence-electron chi connectivity index (χ2n) is 5.33. The summed E-state index contributed by atoms with van der Waals surface area (Å²) >= 11 is 0. The van der Waals surface area contributed by atoms with E-state index < -0.39 is 0 Å². The van der Waals surface area contributed by atoms with E-state index in [-0.39, 0.29) is 5.41 Å². The zero-order valence-corrected chi connectivity index (χ0v) is 10.7. The van der Waals surface area contributed by atoms with Gasteiger partial charge in [0, 0.05) is 38.8 Å². The molecule has 2 aliphatic rings. The number of piperidine rings is 1. The Morgan fingerprint density at radius 1 is 1.47 bits per heavy atom. The van der Waals surface area contributed by atoms with Crippen molar-refractivity contribution in [1.82, 2.24) is 4.90 Å². The molecule has 0 aromatic rings. The van der Waals surface area contributed by atoms with Crippen LogP contribution in [0.1, 0.15) is 25.7 Å². The van der Waals surface area contributed by atoms with Crippen LogP contribution in [0.3, 0.4) is 0 Å². The molecule has 0 aromatic heterocycles. The van der Waals surface area contributed by atoms with Gasteiger partial charge in [0.2, 0.25) is 0 Å². The number of hydrogen-bond acceptors (Lipinski definition) is 4. The Labute approximate surface area is 103 Å². The number of carbonyl (C=O) groups excluding carboxylic acids is 1. The third-order valence-corrected chi connectivity index (χ3v) is 4.07. The number of ether oxygens (including phenoxy) is 2. The van der Waals surface area contributed by atoms with Crippen molar-refractivity contribution in [2.45, 2.75) is 31.8 Å². The summed E-state index contributed by atoms with van der Waals surface area (Å²) in [5.74, 6) is 0. The van der Waals surface area contributed by atoms with Gasteiger partial charge >= 0.3 is 0 Å². The maximum atomic E-state index is 11.4. The van der Waals surface area contributed by atoms with Crippen LogP contribution in [0.4, 0.5) is 0 Å². The molecule has 2 saturated heterocycles. The zero-order chi connectivity index (χ0) is 12.1. The van der Waals surface area contributed by atoms with Crippen molar-refractivity contribution in [3.63, 3.8) is 0 Å². The summed E-state index contributed by atoms with van der Waals surface area (Å²) in [4.78, 5) is 13.8. The van der Waals surface area contributed by atoms with Gasteiger partial charge in [-0.1, -0.05) is 0 Å². The molecule has 2 fully saturated rings. The quantitative estimate of drug-likeness (QED) is 0.691. The van der Waals surface area contributed by atoms with E-state index in [1.165, 1.54) is 6.42 Å². The highest BCUT2D eigenvalue weighted by Crippen LogP contribution is 2.30. The Kier molecular flexibility index (Phi) is 4.54. The topological polar surface area (TPSA) is 38.8 Å². The van der Waals surface area contributed by atoms with Gasteiger partial charge < -0.3 is 14.3 Å². The van der Waals surface area contributed by atoms with Gasteiger partial charge in [0.15, 0.2) is 0 Å². The number of aldehydes is 1. The van der Waals surface area contributed by atoms with E-state index in [4.69, 9.17) is 9.47 Å². The fourth-order valence-electron chi connectivity index (χ4n) is 2.89. The second kappa shape index (κ2) is 5.94. The molecule has 98 valence electrons. The smallest absolute Gasteiger partial charge is 0.127 e. The van der Waals surface area contributed by atoms with Crippen molar-refractivity contribution in [2.75, 3.05) is 40.0 Å². The van der Waals surface area contributed by atoms with Gasteiger partial charge in [-0.2, -0.15) is 0 Å². The van der Waals surface area contributed by atoms with Gasteiger partial charge in [-0.05, 0) is 32.2 Å². The maximum absolute atomic E-state index is 11.4. The lowest BCUT2D eigenvalue weighted by atomic mass is 9.81. The number of hydrogen-bond donors (Lipinski definition) is 0. The lowest BCUT2D eigenvalue weighted by molar-refractivity contribution is -0.124. The largest absolute Gasteiger partial charge is 0.381 e. The molecular weight excluding hydrogens is 218 g/mol. The van der Waals surface area contributed by atoms with Crippen LogP contribution >= 0.6 is 0 Å². The van der Waals surface area contributed by atoms with Crippen molar-refractivity contribution >= 4 is 6.29 Å². The predicted octanol–water partition coefficient (Wildman–Crippen LogP) is 1.09. The van der Waals surface area contributed by atoms with Crippen LogP contribution < -0.4 is 0 Å². The molecule has 0 N–H and O–H groups in total. The molecule has 1 unspecified atom stereocenters. The highest BCUT2D eigenvalue weighted by Gasteiger charge is 2.35. The van der Waals surface area contributed by atoms with E-state index in [1.54, 1.807) is 7.11 Å². The van der Waals surface area contributed by atoms with E-state index in [0.717, 1.165) is 58.4 Å². The molecule has 0 radical (unpaired) electrons. The number of nitrogens with zero attached hydrogens (tertiary/aromatic N) is 1. The van der Waals surface area contributed by atoms with Crippen LogP contribution in [0.25, 0.3) is 0 Å². The zero-order valence-electron chi connectivity index (χ0n) is 10.7. The van der Waals surface area contributed by atoms with Crippen LogP contribution in [-0.2, 0) is 14.3 Å². The fraction of sp³-hybridized carbons (Fsp3) is 0.923. The van der Waals surface area contributed by atoms with Crippen LogP contribution in [-0.4, -0.2) is 57.2 Å². The standard InChI is InChI=1S/C13H23NO3/c1-16-12-3-2-6-14(9-12)10-13(11-15)4-7-17-8-5-13/h11-12H,2-10H2,1H3. The van der Waals surface area contributed by atoms with Crippen LogP contribution in [0.2, 0.25) is 0 Å². The molecule has 4 heteroatoms. The molecule has 2 rings (SSSR count). The van der Waals surface area contributed by atoms with Crippen molar-refractivity contribution in [2.24, 2.45) is 5.41 Å². The minimum atomic E-state index is -0.173. The minimum absolute atomic E-state index is 0.173. The summed E-state index contributed by atoms with van der Waals surface area (Å²) in [7, 11) is 1.78. The molecule has 1 atom stereocenters. The highest BCUT2D eigenvalue weighted by atomic mass is 16.5. The van der Waals surface area contributed by atoms with Gasteiger partial charge in [-0.15, -0.1) is 0 Å². The Morgan fingerprint density at radius 2 is 2.24 bits per heavy atom. The van der Waals surface area contributed by atoms with Crippen LogP contribution in [0.5, 0.6) is 0 Å². The van der Waals surface area contributed by atoms with Gasteiger partial charge in [-0.3, -0.25) is 4.90 Å². The molecule has 17 heavy (non-hydrogen) atoms. The lowest BCUT2D eigenvalue weighted by Gasteiger charge is -2.40. The minimum Gasteiger partial charge on any atom is -0.381 e. The summed E-state index contributed by atoms with van der Waals surface area (Å²) in [6, 6.07) is 0. The van der Waals surface area contributed by atoms with Crippen molar-refractivity contribution in [3.8, 4) is 0 Å². The number of rotatable bonds is 4. The average Bonchev–Trinajstić information content (AvgIpc) is 2.40. The summed E-state index contributed by atoms with van der Waals surface area (Å²) in [5.41, 5.74) is -0.173. The molecule has 0 aliphatic carbocycles. The van der Waals surface area contributed by atoms with Crippen LogP contribution in [0.15, 0.2) is 0 Å². The van der Waals surface area contributed by atoms with Gasteiger partial charge in [0.1, 0.15) is 6.29 Å². The fourth-order valence-corrected chi connectivity index (χ4v) is 2.89. The van der Waals surface area contributed by atoms with Crippen LogP contribution in [0, 0.1) is 5.41 Å². The third-order valence-electron chi connectivity index (χ3n) is 4.07. The lowest BCUT2D eigenvalue weighted by Crippen LogP contribution is -2.47. The first-order valence-corrected chi connectivity index (χ1v) is 6.57. The summed E-state index contributed by atoms with van der Waals surface area (Å²) in [5, 5.41) is 0. The van der Waals surface area contributed by atoms with E-state index in [9.17, 15) is 4.79 Å². The monoisotopic (exact) mass is 241 g/mol. The van der Waals surface area contributed by atoms with E-state index in [1.807, 2.05) is 0 Å². The number of carbonyl (C=O) groups is 1. The third kappa shape index (κ3) is 3.27. The molecule has 0 amide bonds. The first kappa shape index (κ1) is 13.0. The average molecular weight is 241 g/mol. The van der Waals surface area contributed by atoms with Crippen molar-refractivity contribution in [3.05, 3.63) is 0 Å². The Morgan fingerprint density at radius 3 is 2.88 bits per heavy atom. The Bertz CT molecular complexity index is 251. The molecule has 0 bridgehead atoms. The van der Waals surface area contributed by atoms with Crippen molar-refractivity contribution < 1.29 is 14.3 Å². The molecule has 0 saturated carbocycles. The molecule has 0 spiro atoms. The SMILES string of the molecule is COC1CCCN(CC2(C=O)CCOCC2)C1. The molecular formula is C13H23NO3. The molecule has 0 aromatic carbocycles. The first-order chi connectivity index (χ1) is 8.28. The Balaban J connectivity index is 1.91. The Hall–Kier alpha value is -0.450. The summed E-state index contributed by atoms with van der Waals surface area (Å²) in [6.45, 7) is 4.38. The normalized spacial score (nSPS) is 30.1. The number of methoxy groups -OCH3 is 1. The van der Waals surface area contributed by atoms with E-state index in [2.05, 4.69) is 4.90 Å². The predicted molar refractivity (Wildman–Crippen MR) is 65.0 cm³/mol. The summed E-state index contributed by atoms with van der Waals surface area (Å²) < 4.78 is 10.8. The first-order valence-electron chi connectivity index (χ1n) is 6.57. The van der Waals surface area contributed by atoms with Gasteiger partial charge in [0.25, 0.3) is 0 Å². The van der Waals surface area contributed by atoms with E-state index in [0.29, 0.717) is 6.10 Å². The highest BCUT2D eigenvalue weighted by molar-refractivity contribution is 5.60. The maximum Gasteiger partial charge on any atom is 0.127 e. The van der Waals surface area contributed by atoms with Crippen molar-refractivity contribution in [1.29, 1.82) is 0 Å². The second-order valence-corrected chi connectivity index (χ2v) is 5.33.